The zero-order valence-corrected chi connectivity index (χ0v) is 13.6. The Balaban J connectivity index is 1.58. The van der Waals surface area contributed by atoms with E-state index in [1.54, 1.807) is 7.11 Å². The van der Waals surface area contributed by atoms with Crippen LogP contribution in [0.1, 0.15) is 24.1 Å². The predicted molar refractivity (Wildman–Crippen MR) is 89.5 cm³/mol. The molecule has 0 amide bonds. The highest BCUT2D eigenvalue weighted by Gasteiger charge is 2.26. The van der Waals surface area contributed by atoms with E-state index in [4.69, 9.17) is 4.74 Å². The number of likely N-dealkylation sites (tertiary alicyclic amines) is 1. The molecule has 0 bridgehead atoms. The van der Waals surface area contributed by atoms with Gasteiger partial charge in [-0.1, -0.05) is 0 Å². The first kappa shape index (κ1) is 14.1. The summed E-state index contributed by atoms with van der Waals surface area (Å²) < 4.78 is 5.40. The van der Waals surface area contributed by atoms with E-state index >= 15 is 0 Å². The average molecular weight is 299 g/mol. The first-order chi connectivity index (χ1) is 10.7. The van der Waals surface area contributed by atoms with E-state index in [0.29, 0.717) is 0 Å². The Labute approximate surface area is 132 Å². The Kier molecular flexibility index (Phi) is 3.59. The van der Waals surface area contributed by atoms with E-state index in [-0.39, 0.29) is 0 Å². The van der Waals surface area contributed by atoms with Crippen molar-refractivity contribution in [2.45, 2.75) is 31.8 Å². The van der Waals surface area contributed by atoms with Gasteiger partial charge in [0, 0.05) is 48.7 Å². The van der Waals surface area contributed by atoms with Crippen LogP contribution in [0.2, 0.25) is 0 Å². The van der Waals surface area contributed by atoms with E-state index in [2.05, 4.69) is 34.0 Å². The number of aromatic amines is 1. The highest BCUT2D eigenvalue weighted by Crippen LogP contribution is 2.31. The Hall–Kier alpha value is -1.52. The van der Waals surface area contributed by atoms with Gasteiger partial charge in [-0.15, -0.1) is 0 Å². The molecule has 0 saturated carbocycles. The molecule has 1 atom stereocenters. The molecule has 1 aromatic heterocycles. The van der Waals surface area contributed by atoms with Crippen molar-refractivity contribution in [2.75, 3.05) is 33.8 Å². The van der Waals surface area contributed by atoms with Crippen LogP contribution in [-0.4, -0.2) is 54.6 Å². The maximum absolute atomic E-state index is 5.40. The number of ether oxygens (including phenoxy) is 1. The molecule has 2 aliphatic heterocycles. The third-order valence-electron chi connectivity index (χ3n) is 5.40. The van der Waals surface area contributed by atoms with Gasteiger partial charge in [-0.25, -0.2) is 0 Å². The zero-order valence-electron chi connectivity index (χ0n) is 13.6. The highest BCUT2D eigenvalue weighted by molar-refractivity contribution is 5.86. The average Bonchev–Trinajstić information content (AvgIpc) is 3.10. The van der Waals surface area contributed by atoms with Gasteiger partial charge >= 0.3 is 0 Å². The summed E-state index contributed by atoms with van der Waals surface area (Å²) in [6.45, 7) is 4.69. The number of nitrogens with one attached hydrogen (secondary N) is 1. The summed E-state index contributed by atoms with van der Waals surface area (Å²) in [4.78, 5) is 8.75. The maximum atomic E-state index is 5.40. The maximum Gasteiger partial charge on any atom is 0.119 e. The van der Waals surface area contributed by atoms with E-state index in [1.807, 2.05) is 6.07 Å². The molecule has 4 nitrogen and oxygen atoms in total. The van der Waals surface area contributed by atoms with Crippen LogP contribution in [0.4, 0.5) is 0 Å². The molecule has 118 valence electrons. The number of methoxy groups -OCH3 is 1. The minimum Gasteiger partial charge on any atom is -0.497 e. The molecule has 1 N–H and O–H groups in total. The highest BCUT2D eigenvalue weighted by atomic mass is 16.5. The van der Waals surface area contributed by atoms with Crippen LogP contribution in [-0.2, 0) is 13.0 Å². The van der Waals surface area contributed by atoms with E-state index in [9.17, 15) is 0 Å². The number of nitrogens with zero attached hydrogens (tertiary/aromatic N) is 2. The topological polar surface area (TPSA) is 31.5 Å². The Morgan fingerprint density at radius 1 is 1.32 bits per heavy atom. The van der Waals surface area contributed by atoms with Crippen LogP contribution in [0.3, 0.4) is 0 Å². The number of H-pyrrole nitrogens is 1. The lowest BCUT2D eigenvalue weighted by atomic mass is 10.0. The molecule has 0 unspecified atom stereocenters. The van der Waals surface area contributed by atoms with Crippen molar-refractivity contribution in [1.82, 2.24) is 14.8 Å². The zero-order chi connectivity index (χ0) is 15.1. The molecule has 1 aromatic carbocycles. The molecule has 4 rings (SSSR count). The number of hydrogen-bond donors (Lipinski definition) is 1. The van der Waals surface area contributed by atoms with Gasteiger partial charge < -0.3 is 14.6 Å². The largest absolute Gasteiger partial charge is 0.497 e. The van der Waals surface area contributed by atoms with Crippen LogP contribution in [0.5, 0.6) is 5.75 Å². The molecular weight excluding hydrogens is 274 g/mol. The quantitative estimate of drug-likeness (QED) is 0.945. The molecule has 0 radical (unpaired) electrons. The van der Waals surface area contributed by atoms with Crippen molar-refractivity contribution >= 4 is 10.9 Å². The molecular formula is C18H25N3O. The Morgan fingerprint density at radius 2 is 2.23 bits per heavy atom. The van der Waals surface area contributed by atoms with Crippen molar-refractivity contribution < 1.29 is 4.74 Å². The van der Waals surface area contributed by atoms with Crippen molar-refractivity contribution in [3.8, 4) is 5.75 Å². The smallest absolute Gasteiger partial charge is 0.119 e. The van der Waals surface area contributed by atoms with Gasteiger partial charge in [-0.05, 0) is 50.2 Å². The second kappa shape index (κ2) is 5.60. The SMILES string of the molecule is COc1ccc2[nH]c3c(c2c1)CN(C[C@@H]1CCCN1C)CC3. The lowest BCUT2D eigenvalue weighted by Gasteiger charge is -2.31. The number of benzene rings is 1. The molecule has 22 heavy (non-hydrogen) atoms. The lowest BCUT2D eigenvalue weighted by molar-refractivity contribution is 0.181. The van der Waals surface area contributed by atoms with Crippen molar-refractivity contribution in [3.63, 3.8) is 0 Å². The monoisotopic (exact) mass is 299 g/mol. The van der Waals surface area contributed by atoms with Crippen molar-refractivity contribution in [2.24, 2.45) is 0 Å². The predicted octanol–water partition coefficient (Wildman–Crippen LogP) is 2.63. The summed E-state index contributed by atoms with van der Waals surface area (Å²) in [6.07, 6.45) is 3.83. The fourth-order valence-electron chi connectivity index (χ4n) is 4.04. The number of likely N-dealkylation sites (N-methyl/N-ethyl adjacent to an activating group) is 1. The molecule has 0 aliphatic carbocycles. The standard InChI is InChI=1S/C18H25N3O/c1-20-8-3-4-13(20)11-21-9-7-18-16(12-21)15-10-14(22-2)5-6-17(15)19-18/h5-6,10,13,19H,3-4,7-9,11-12H2,1-2H3/t13-/m0/s1. The molecule has 2 aromatic rings. The van der Waals surface area contributed by atoms with Gasteiger partial charge in [0.2, 0.25) is 0 Å². The van der Waals surface area contributed by atoms with E-state index in [0.717, 1.165) is 24.8 Å². The van der Waals surface area contributed by atoms with E-state index in [1.165, 1.54) is 54.6 Å². The van der Waals surface area contributed by atoms with Gasteiger partial charge in [-0.2, -0.15) is 0 Å². The summed E-state index contributed by atoms with van der Waals surface area (Å²) in [5, 5.41) is 1.33. The van der Waals surface area contributed by atoms with Crippen LogP contribution in [0.15, 0.2) is 18.2 Å². The Morgan fingerprint density at radius 3 is 3.00 bits per heavy atom. The van der Waals surface area contributed by atoms with Crippen LogP contribution < -0.4 is 4.74 Å². The third-order valence-corrected chi connectivity index (χ3v) is 5.40. The summed E-state index contributed by atoms with van der Waals surface area (Å²) >= 11 is 0. The fourth-order valence-corrected chi connectivity index (χ4v) is 4.04. The van der Waals surface area contributed by atoms with Crippen LogP contribution in [0, 0.1) is 0 Å². The minimum absolute atomic E-state index is 0.737. The van der Waals surface area contributed by atoms with Crippen molar-refractivity contribution in [1.29, 1.82) is 0 Å². The number of fused-ring (bicyclic) bond motifs is 3. The normalized spacial score (nSPS) is 23.1. The van der Waals surface area contributed by atoms with Gasteiger partial charge in [0.25, 0.3) is 0 Å². The molecule has 1 fully saturated rings. The number of aromatic nitrogens is 1. The van der Waals surface area contributed by atoms with E-state index < -0.39 is 0 Å². The molecule has 1 saturated heterocycles. The summed E-state index contributed by atoms with van der Waals surface area (Å²) in [6, 6.07) is 7.09. The molecule has 0 spiro atoms. The number of hydrogen-bond acceptors (Lipinski definition) is 3. The first-order valence-electron chi connectivity index (χ1n) is 8.34. The first-order valence-corrected chi connectivity index (χ1v) is 8.34. The van der Waals surface area contributed by atoms with Crippen LogP contribution >= 0.6 is 0 Å². The molecule has 4 heteroatoms. The lowest BCUT2D eigenvalue weighted by Crippen LogP contribution is -2.40. The summed E-state index contributed by atoms with van der Waals surface area (Å²) in [5.41, 5.74) is 4.13. The second-order valence-corrected chi connectivity index (χ2v) is 6.76. The van der Waals surface area contributed by atoms with Gasteiger partial charge in [0.1, 0.15) is 5.75 Å². The molecule has 3 heterocycles. The number of rotatable bonds is 3. The van der Waals surface area contributed by atoms with Gasteiger partial charge in [-0.3, -0.25) is 4.90 Å². The molecule has 2 aliphatic rings. The van der Waals surface area contributed by atoms with Crippen molar-refractivity contribution in [3.05, 3.63) is 29.5 Å². The van der Waals surface area contributed by atoms with Gasteiger partial charge in [0.15, 0.2) is 0 Å². The summed E-state index contributed by atoms with van der Waals surface area (Å²) in [5.74, 6) is 0.946. The third kappa shape index (κ3) is 2.40. The van der Waals surface area contributed by atoms with Crippen LogP contribution in [0.25, 0.3) is 10.9 Å². The summed E-state index contributed by atoms with van der Waals surface area (Å²) in [7, 11) is 4.01. The van der Waals surface area contributed by atoms with Gasteiger partial charge in [0.05, 0.1) is 7.11 Å². The fraction of sp³-hybridized carbons (Fsp3) is 0.556. The Bertz CT molecular complexity index is 678. The minimum atomic E-state index is 0.737. The second-order valence-electron chi connectivity index (χ2n) is 6.76.